The average molecular weight is 359 g/mol. The largest absolute Gasteiger partial charge is 0.352 e. The smallest absolute Gasteiger partial charge is 0.230 e. The molecule has 1 heterocycles. The van der Waals surface area contributed by atoms with Gasteiger partial charge in [0.05, 0.1) is 5.75 Å². The predicted octanol–water partition coefficient (Wildman–Crippen LogP) is 3.67. The lowest BCUT2D eigenvalue weighted by Gasteiger charge is -2.29. The zero-order chi connectivity index (χ0) is 17.8. The summed E-state index contributed by atoms with van der Waals surface area (Å²) in [6.07, 6.45) is 4.79. The molecule has 1 aromatic carbocycles. The van der Waals surface area contributed by atoms with Crippen molar-refractivity contribution in [3.8, 4) is 5.69 Å². The summed E-state index contributed by atoms with van der Waals surface area (Å²) in [5, 5.41) is 12.4. The van der Waals surface area contributed by atoms with Crippen LogP contribution in [0.4, 0.5) is 0 Å². The van der Waals surface area contributed by atoms with Crippen LogP contribution in [-0.2, 0) is 4.79 Å². The summed E-state index contributed by atoms with van der Waals surface area (Å²) < 4.78 is 2.01. The fourth-order valence-corrected chi connectivity index (χ4v) is 4.22. The number of carbonyl (C=O) groups excluding carboxylic acids is 1. The first-order chi connectivity index (χ1) is 12.0. The van der Waals surface area contributed by atoms with Gasteiger partial charge < -0.3 is 5.32 Å². The normalized spacial score (nSPS) is 20.4. The minimum atomic E-state index is 0.0835. The number of carbonyl (C=O) groups is 1. The molecule has 6 heteroatoms. The maximum atomic E-state index is 12.3. The maximum absolute atomic E-state index is 12.3. The standard InChI is InChI=1S/C19H26N4OS/c1-13-7-6-9-16(11-13)23-15(3)21-22-19(23)25-12-18(24)20-17-10-5-4-8-14(17)2/h6-7,9,11,14,17H,4-5,8,10,12H2,1-3H3,(H,20,24). The Morgan fingerprint density at radius 2 is 2.08 bits per heavy atom. The van der Waals surface area contributed by atoms with E-state index in [1.807, 2.05) is 23.6 Å². The second-order valence-corrected chi connectivity index (χ2v) is 7.87. The number of thioether (sulfide) groups is 1. The quantitative estimate of drug-likeness (QED) is 0.829. The number of amides is 1. The summed E-state index contributed by atoms with van der Waals surface area (Å²) >= 11 is 1.44. The van der Waals surface area contributed by atoms with E-state index in [4.69, 9.17) is 0 Å². The van der Waals surface area contributed by atoms with E-state index in [2.05, 4.69) is 41.5 Å². The predicted molar refractivity (Wildman–Crippen MR) is 101 cm³/mol. The SMILES string of the molecule is Cc1cccc(-n2c(C)nnc2SCC(=O)NC2CCCCC2C)c1. The number of rotatable bonds is 5. The summed E-state index contributed by atoms with van der Waals surface area (Å²) in [6, 6.07) is 8.55. The van der Waals surface area contributed by atoms with Crippen molar-refractivity contribution in [1.29, 1.82) is 0 Å². The number of benzene rings is 1. The molecule has 0 saturated heterocycles. The van der Waals surface area contributed by atoms with Crippen molar-refractivity contribution in [2.75, 3.05) is 5.75 Å². The molecule has 1 amide bonds. The molecule has 1 N–H and O–H groups in total. The Labute approximate surface area is 153 Å². The van der Waals surface area contributed by atoms with Gasteiger partial charge in [0.15, 0.2) is 5.16 Å². The minimum Gasteiger partial charge on any atom is -0.352 e. The summed E-state index contributed by atoms with van der Waals surface area (Å²) in [7, 11) is 0. The Morgan fingerprint density at radius 1 is 1.28 bits per heavy atom. The van der Waals surface area contributed by atoms with Crippen LogP contribution in [-0.4, -0.2) is 32.5 Å². The first-order valence-electron chi connectivity index (χ1n) is 8.96. The summed E-state index contributed by atoms with van der Waals surface area (Å²) in [6.45, 7) is 6.23. The Hall–Kier alpha value is -1.82. The van der Waals surface area contributed by atoms with Crippen LogP contribution in [0.1, 0.15) is 44.0 Å². The molecule has 0 bridgehead atoms. The molecule has 1 aliphatic carbocycles. The zero-order valence-electron chi connectivity index (χ0n) is 15.2. The molecule has 2 unspecified atom stereocenters. The van der Waals surface area contributed by atoms with Gasteiger partial charge >= 0.3 is 0 Å². The number of nitrogens with zero attached hydrogens (tertiary/aromatic N) is 3. The Kier molecular flexibility index (Phi) is 5.78. The van der Waals surface area contributed by atoms with Crippen molar-refractivity contribution < 1.29 is 4.79 Å². The molecule has 2 aromatic rings. The molecular weight excluding hydrogens is 332 g/mol. The van der Waals surface area contributed by atoms with Crippen molar-refractivity contribution in [1.82, 2.24) is 20.1 Å². The second-order valence-electron chi connectivity index (χ2n) is 6.93. The number of nitrogens with one attached hydrogen (secondary N) is 1. The molecule has 2 atom stereocenters. The summed E-state index contributed by atoms with van der Waals surface area (Å²) in [5.74, 6) is 1.85. The number of hydrogen-bond donors (Lipinski definition) is 1. The van der Waals surface area contributed by atoms with Gasteiger partial charge in [-0.1, -0.05) is 43.7 Å². The van der Waals surface area contributed by atoms with E-state index in [9.17, 15) is 4.79 Å². The lowest BCUT2D eigenvalue weighted by Crippen LogP contribution is -2.41. The molecular formula is C19H26N4OS. The van der Waals surface area contributed by atoms with E-state index in [1.165, 1.54) is 36.6 Å². The highest BCUT2D eigenvalue weighted by molar-refractivity contribution is 7.99. The van der Waals surface area contributed by atoms with Gasteiger partial charge in [0.2, 0.25) is 5.91 Å². The van der Waals surface area contributed by atoms with Gasteiger partial charge in [-0.2, -0.15) is 0 Å². The minimum absolute atomic E-state index is 0.0835. The molecule has 1 fully saturated rings. The summed E-state index contributed by atoms with van der Waals surface area (Å²) in [5.41, 5.74) is 2.22. The molecule has 25 heavy (non-hydrogen) atoms. The van der Waals surface area contributed by atoms with Gasteiger partial charge in [-0.05, 0) is 50.3 Å². The molecule has 5 nitrogen and oxygen atoms in total. The third kappa shape index (κ3) is 4.42. The van der Waals surface area contributed by atoms with Crippen LogP contribution < -0.4 is 5.32 Å². The highest BCUT2D eigenvalue weighted by Gasteiger charge is 2.23. The molecule has 0 aliphatic heterocycles. The summed E-state index contributed by atoms with van der Waals surface area (Å²) in [4.78, 5) is 12.3. The van der Waals surface area contributed by atoms with Gasteiger partial charge in [-0.3, -0.25) is 9.36 Å². The van der Waals surface area contributed by atoms with E-state index in [0.29, 0.717) is 17.7 Å². The van der Waals surface area contributed by atoms with E-state index < -0.39 is 0 Å². The van der Waals surface area contributed by atoms with Gasteiger partial charge in [0.1, 0.15) is 5.82 Å². The molecule has 134 valence electrons. The van der Waals surface area contributed by atoms with Crippen molar-refractivity contribution in [2.24, 2.45) is 5.92 Å². The third-order valence-electron chi connectivity index (χ3n) is 4.85. The third-order valence-corrected chi connectivity index (χ3v) is 5.77. The number of hydrogen-bond acceptors (Lipinski definition) is 4. The maximum Gasteiger partial charge on any atom is 0.230 e. The topological polar surface area (TPSA) is 59.8 Å². The Balaban J connectivity index is 1.65. The van der Waals surface area contributed by atoms with E-state index in [0.717, 1.165) is 23.1 Å². The average Bonchev–Trinajstić information content (AvgIpc) is 2.96. The van der Waals surface area contributed by atoms with E-state index in [-0.39, 0.29) is 5.91 Å². The Morgan fingerprint density at radius 3 is 2.84 bits per heavy atom. The van der Waals surface area contributed by atoms with Crippen molar-refractivity contribution in [3.05, 3.63) is 35.7 Å². The van der Waals surface area contributed by atoms with Crippen LogP contribution in [0.15, 0.2) is 29.4 Å². The molecule has 3 rings (SSSR count). The van der Waals surface area contributed by atoms with E-state index >= 15 is 0 Å². The Bertz CT molecular complexity index is 743. The van der Waals surface area contributed by atoms with Crippen LogP contribution in [0.3, 0.4) is 0 Å². The zero-order valence-corrected chi connectivity index (χ0v) is 16.0. The molecule has 0 spiro atoms. The van der Waals surface area contributed by atoms with Crippen molar-refractivity contribution in [3.63, 3.8) is 0 Å². The monoisotopic (exact) mass is 358 g/mol. The lowest BCUT2D eigenvalue weighted by atomic mass is 9.86. The molecule has 1 aliphatic rings. The molecule has 0 radical (unpaired) electrons. The first kappa shape index (κ1) is 18.0. The van der Waals surface area contributed by atoms with Gasteiger partial charge in [-0.25, -0.2) is 0 Å². The first-order valence-corrected chi connectivity index (χ1v) is 9.94. The van der Waals surface area contributed by atoms with Crippen LogP contribution in [0.25, 0.3) is 5.69 Å². The van der Waals surface area contributed by atoms with Crippen LogP contribution in [0, 0.1) is 19.8 Å². The van der Waals surface area contributed by atoms with E-state index in [1.54, 1.807) is 0 Å². The van der Waals surface area contributed by atoms with Gasteiger partial charge in [-0.15, -0.1) is 10.2 Å². The van der Waals surface area contributed by atoms with Crippen molar-refractivity contribution in [2.45, 2.75) is 57.7 Å². The van der Waals surface area contributed by atoms with Crippen LogP contribution in [0.2, 0.25) is 0 Å². The molecule has 1 aromatic heterocycles. The fraction of sp³-hybridized carbons (Fsp3) is 0.526. The second kappa shape index (κ2) is 8.04. The van der Waals surface area contributed by atoms with Crippen LogP contribution >= 0.6 is 11.8 Å². The van der Waals surface area contributed by atoms with Gasteiger partial charge in [0.25, 0.3) is 0 Å². The number of aryl methyl sites for hydroxylation is 2. The highest BCUT2D eigenvalue weighted by Crippen LogP contribution is 2.25. The number of aromatic nitrogens is 3. The highest BCUT2D eigenvalue weighted by atomic mass is 32.2. The van der Waals surface area contributed by atoms with Gasteiger partial charge in [0, 0.05) is 11.7 Å². The molecule has 1 saturated carbocycles. The van der Waals surface area contributed by atoms with Crippen LogP contribution in [0.5, 0.6) is 0 Å². The fourth-order valence-electron chi connectivity index (χ4n) is 3.41. The van der Waals surface area contributed by atoms with Crippen molar-refractivity contribution >= 4 is 17.7 Å². The lowest BCUT2D eigenvalue weighted by molar-refractivity contribution is -0.119.